The summed E-state index contributed by atoms with van der Waals surface area (Å²) >= 11 is 0. The highest BCUT2D eigenvalue weighted by Crippen LogP contribution is 2.57. The minimum absolute atomic E-state index is 0.00131. The van der Waals surface area contributed by atoms with Crippen molar-refractivity contribution in [2.24, 2.45) is 5.92 Å². The molecule has 1 aliphatic carbocycles. The SMILES string of the molecule is C=CCCC1C(OCC)C2c3ccncc3C1N1C2OC[C@@H]1CO. The van der Waals surface area contributed by atoms with Crippen LogP contribution >= 0.6 is 0 Å². The van der Waals surface area contributed by atoms with Gasteiger partial charge in [0.25, 0.3) is 0 Å². The fourth-order valence-electron chi connectivity index (χ4n) is 4.98. The fraction of sp³-hybridized carbons (Fsp3) is 0.632. The lowest BCUT2D eigenvalue weighted by Crippen LogP contribution is -2.60. The predicted octanol–water partition coefficient (Wildman–Crippen LogP) is 2.24. The van der Waals surface area contributed by atoms with E-state index in [2.05, 4.69) is 29.5 Å². The van der Waals surface area contributed by atoms with Gasteiger partial charge in [-0.2, -0.15) is 0 Å². The lowest BCUT2D eigenvalue weighted by atomic mass is 9.65. The summed E-state index contributed by atoms with van der Waals surface area (Å²) in [6.45, 7) is 7.37. The molecule has 1 N–H and O–H groups in total. The van der Waals surface area contributed by atoms with Crippen molar-refractivity contribution in [2.75, 3.05) is 19.8 Å². The Labute approximate surface area is 143 Å². The van der Waals surface area contributed by atoms with Crippen LogP contribution in [0.25, 0.3) is 0 Å². The molecule has 130 valence electrons. The Morgan fingerprint density at radius 2 is 2.38 bits per heavy atom. The molecule has 5 nitrogen and oxygen atoms in total. The van der Waals surface area contributed by atoms with Crippen LogP contribution in [0.3, 0.4) is 0 Å². The number of nitrogens with zero attached hydrogens (tertiary/aromatic N) is 2. The Bertz CT molecular complexity index is 608. The number of piperidine rings is 1. The molecule has 3 aliphatic heterocycles. The molecule has 2 bridgehead atoms. The standard InChI is InChI=1S/C19H26N2O3/c1-3-5-6-14-17-15-9-20-8-7-13(15)16(18(14)23-4-2)19-21(17)12(10-22)11-24-19/h3,7-9,12,14,16-19,22H,1,4-6,10-11H2,2H3/t12-,14?,16?,17?,18?,19?/m0/s1. The van der Waals surface area contributed by atoms with Crippen molar-refractivity contribution in [3.63, 3.8) is 0 Å². The number of pyridine rings is 1. The maximum absolute atomic E-state index is 9.83. The van der Waals surface area contributed by atoms with E-state index in [4.69, 9.17) is 9.47 Å². The highest BCUT2D eigenvalue weighted by Gasteiger charge is 2.59. The highest BCUT2D eigenvalue weighted by atomic mass is 16.5. The number of aliphatic hydroxyl groups is 1. The van der Waals surface area contributed by atoms with E-state index in [-0.39, 0.29) is 36.9 Å². The molecule has 6 atom stereocenters. The van der Waals surface area contributed by atoms with Gasteiger partial charge in [-0.25, -0.2) is 0 Å². The van der Waals surface area contributed by atoms with Crippen molar-refractivity contribution >= 4 is 0 Å². The molecule has 5 heteroatoms. The van der Waals surface area contributed by atoms with Crippen LogP contribution in [-0.2, 0) is 9.47 Å². The first-order valence-corrected chi connectivity index (χ1v) is 8.98. The number of rotatable bonds is 6. The van der Waals surface area contributed by atoms with Crippen molar-refractivity contribution in [1.82, 2.24) is 9.88 Å². The quantitative estimate of drug-likeness (QED) is 0.811. The molecule has 2 fully saturated rings. The highest BCUT2D eigenvalue weighted by molar-refractivity contribution is 5.40. The monoisotopic (exact) mass is 330 g/mol. The zero-order valence-corrected chi connectivity index (χ0v) is 14.2. The second kappa shape index (κ2) is 6.56. The Balaban J connectivity index is 1.81. The molecule has 2 saturated heterocycles. The predicted molar refractivity (Wildman–Crippen MR) is 90.5 cm³/mol. The summed E-state index contributed by atoms with van der Waals surface area (Å²) in [5, 5.41) is 9.83. The topological polar surface area (TPSA) is 54.8 Å². The van der Waals surface area contributed by atoms with E-state index < -0.39 is 0 Å². The molecule has 1 aromatic rings. The molecule has 0 spiro atoms. The molecular weight excluding hydrogens is 304 g/mol. The molecule has 0 aromatic carbocycles. The zero-order chi connectivity index (χ0) is 16.7. The molecule has 24 heavy (non-hydrogen) atoms. The average molecular weight is 330 g/mol. The van der Waals surface area contributed by atoms with E-state index in [0.717, 1.165) is 12.8 Å². The lowest BCUT2D eigenvalue weighted by molar-refractivity contribution is -0.160. The van der Waals surface area contributed by atoms with Crippen LogP contribution in [0, 0.1) is 5.92 Å². The van der Waals surface area contributed by atoms with Gasteiger partial charge in [0.2, 0.25) is 0 Å². The summed E-state index contributed by atoms with van der Waals surface area (Å²) in [7, 11) is 0. The maximum Gasteiger partial charge on any atom is 0.121 e. The first-order valence-electron chi connectivity index (χ1n) is 8.98. The third kappa shape index (κ3) is 2.26. The molecule has 5 rings (SSSR count). The van der Waals surface area contributed by atoms with Gasteiger partial charge in [0.1, 0.15) is 6.23 Å². The van der Waals surface area contributed by atoms with Crippen LogP contribution in [0.5, 0.6) is 0 Å². The molecular formula is C19H26N2O3. The van der Waals surface area contributed by atoms with Crippen molar-refractivity contribution in [3.05, 3.63) is 42.2 Å². The smallest absolute Gasteiger partial charge is 0.121 e. The summed E-state index contributed by atoms with van der Waals surface area (Å²) in [5.74, 6) is 0.552. The first kappa shape index (κ1) is 16.2. The number of aromatic nitrogens is 1. The first-order chi connectivity index (χ1) is 11.8. The van der Waals surface area contributed by atoms with Crippen LogP contribution in [0.4, 0.5) is 0 Å². The van der Waals surface area contributed by atoms with Gasteiger partial charge in [-0.15, -0.1) is 6.58 Å². The summed E-state index contributed by atoms with van der Waals surface area (Å²) in [6, 6.07) is 2.37. The fourth-order valence-corrected chi connectivity index (χ4v) is 4.98. The summed E-state index contributed by atoms with van der Waals surface area (Å²) in [6.07, 6.45) is 7.99. The Morgan fingerprint density at radius 3 is 3.12 bits per heavy atom. The minimum atomic E-state index is -0.00131. The molecule has 1 aromatic heterocycles. The number of aliphatic hydroxyl groups excluding tert-OH is 1. The zero-order valence-electron chi connectivity index (χ0n) is 14.2. The molecule has 0 radical (unpaired) electrons. The van der Waals surface area contributed by atoms with Crippen molar-refractivity contribution in [2.45, 2.75) is 50.1 Å². The summed E-state index contributed by atoms with van der Waals surface area (Å²) < 4.78 is 12.4. The molecule has 4 aliphatic rings. The van der Waals surface area contributed by atoms with Crippen LogP contribution < -0.4 is 0 Å². The van der Waals surface area contributed by atoms with Crippen molar-refractivity contribution in [1.29, 1.82) is 0 Å². The molecule has 0 amide bonds. The van der Waals surface area contributed by atoms with Gasteiger partial charge in [-0.1, -0.05) is 6.08 Å². The van der Waals surface area contributed by atoms with Crippen LogP contribution in [0.1, 0.15) is 42.9 Å². The number of fused-ring (bicyclic) bond motifs is 1. The van der Waals surface area contributed by atoms with Crippen LogP contribution in [0.15, 0.2) is 31.1 Å². The second-order valence-electron chi connectivity index (χ2n) is 6.93. The third-order valence-electron chi connectivity index (χ3n) is 5.82. The summed E-state index contributed by atoms with van der Waals surface area (Å²) in [4.78, 5) is 6.76. The van der Waals surface area contributed by atoms with Crippen LogP contribution in [-0.4, -0.2) is 53.2 Å². The Kier molecular flexibility index (Phi) is 4.43. The van der Waals surface area contributed by atoms with Gasteiger partial charge in [-0.3, -0.25) is 9.88 Å². The van der Waals surface area contributed by atoms with Crippen LogP contribution in [0.2, 0.25) is 0 Å². The average Bonchev–Trinajstić information content (AvgIpc) is 3.05. The molecule has 0 saturated carbocycles. The maximum atomic E-state index is 9.83. The molecule has 5 unspecified atom stereocenters. The second-order valence-corrected chi connectivity index (χ2v) is 6.93. The van der Waals surface area contributed by atoms with Gasteiger partial charge < -0.3 is 14.6 Å². The van der Waals surface area contributed by atoms with E-state index in [1.165, 1.54) is 11.1 Å². The largest absolute Gasteiger partial charge is 0.395 e. The summed E-state index contributed by atoms with van der Waals surface area (Å²) in [5.41, 5.74) is 2.59. The minimum Gasteiger partial charge on any atom is -0.395 e. The van der Waals surface area contributed by atoms with Gasteiger partial charge in [-0.05, 0) is 37.0 Å². The van der Waals surface area contributed by atoms with E-state index in [1.807, 2.05) is 18.5 Å². The number of hydrogen-bond donors (Lipinski definition) is 1. The number of hydrogen-bond acceptors (Lipinski definition) is 5. The number of allylic oxidation sites excluding steroid dienone is 1. The van der Waals surface area contributed by atoms with E-state index in [0.29, 0.717) is 19.1 Å². The van der Waals surface area contributed by atoms with E-state index >= 15 is 0 Å². The Hall–Kier alpha value is -1.27. The van der Waals surface area contributed by atoms with Gasteiger partial charge >= 0.3 is 0 Å². The van der Waals surface area contributed by atoms with Gasteiger partial charge in [0.05, 0.1) is 31.3 Å². The van der Waals surface area contributed by atoms with Crippen molar-refractivity contribution < 1.29 is 14.6 Å². The van der Waals surface area contributed by atoms with Gasteiger partial charge in [0, 0.05) is 31.0 Å². The van der Waals surface area contributed by atoms with Crippen molar-refractivity contribution in [3.8, 4) is 0 Å². The Morgan fingerprint density at radius 1 is 1.50 bits per heavy atom. The van der Waals surface area contributed by atoms with E-state index in [1.54, 1.807) is 0 Å². The lowest BCUT2D eigenvalue weighted by Gasteiger charge is -2.56. The number of ether oxygens (including phenoxy) is 2. The van der Waals surface area contributed by atoms with E-state index in [9.17, 15) is 5.11 Å². The molecule has 4 heterocycles. The normalized spacial score (nSPS) is 37.2. The van der Waals surface area contributed by atoms with Gasteiger partial charge in [0.15, 0.2) is 0 Å². The third-order valence-corrected chi connectivity index (χ3v) is 5.82.